The average Bonchev–Trinajstić information content (AvgIpc) is 2.20. The first-order chi connectivity index (χ1) is 6.84. The summed E-state index contributed by atoms with van der Waals surface area (Å²) in [4.78, 5) is 4.24. The Morgan fingerprint density at radius 3 is 3.07 bits per heavy atom. The van der Waals surface area contributed by atoms with Crippen LogP contribution in [0.2, 0.25) is 0 Å². The van der Waals surface area contributed by atoms with Crippen molar-refractivity contribution in [2.45, 2.75) is 20.3 Å². The van der Waals surface area contributed by atoms with E-state index in [9.17, 15) is 0 Å². The molecule has 3 heteroatoms. The van der Waals surface area contributed by atoms with Crippen LogP contribution >= 0.6 is 0 Å². The molecule has 14 heavy (non-hydrogen) atoms. The number of hydrogen-bond donors (Lipinski definition) is 1. The van der Waals surface area contributed by atoms with E-state index in [1.165, 1.54) is 5.56 Å². The smallest absolute Gasteiger partial charge is 0.128 e. The van der Waals surface area contributed by atoms with Gasteiger partial charge in [0.1, 0.15) is 5.82 Å². The van der Waals surface area contributed by atoms with Crippen molar-refractivity contribution in [3.63, 3.8) is 0 Å². The molecule has 1 aromatic heterocycles. The summed E-state index contributed by atoms with van der Waals surface area (Å²) >= 11 is 0. The van der Waals surface area contributed by atoms with Gasteiger partial charge in [-0.05, 0) is 31.9 Å². The third-order valence-corrected chi connectivity index (χ3v) is 1.97. The maximum absolute atomic E-state index is 5.24. The molecule has 0 bridgehead atoms. The highest BCUT2D eigenvalue weighted by molar-refractivity contribution is 5.42. The number of pyridine rings is 1. The van der Waals surface area contributed by atoms with Crippen molar-refractivity contribution in [2.75, 3.05) is 25.1 Å². The van der Waals surface area contributed by atoms with Crippen LogP contribution in [0.25, 0.3) is 0 Å². The number of rotatable bonds is 6. The molecule has 1 rings (SSSR count). The third kappa shape index (κ3) is 3.75. The van der Waals surface area contributed by atoms with E-state index in [0.29, 0.717) is 0 Å². The van der Waals surface area contributed by atoms with Crippen molar-refractivity contribution in [1.82, 2.24) is 4.98 Å². The molecule has 0 aliphatic heterocycles. The molecule has 0 aliphatic rings. The molecule has 0 spiro atoms. The van der Waals surface area contributed by atoms with Gasteiger partial charge in [-0.2, -0.15) is 0 Å². The molecule has 0 unspecified atom stereocenters. The second-order valence-corrected chi connectivity index (χ2v) is 3.15. The van der Waals surface area contributed by atoms with E-state index in [2.05, 4.69) is 23.3 Å². The number of anilines is 1. The Bertz CT molecular complexity index is 263. The predicted molar refractivity (Wildman–Crippen MR) is 58.6 cm³/mol. The molecule has 0 radical (unpaired) electrons. The monoisotopic (exact) mass is 194 g/mol. The molecule has 0 atom stereocenters. The van der Waals surface area contributed by atoms with Gasteiger partial charge in [0.2, 0.25) is 0 Å². The maximum Gasteiger partial charge on any atom is 0.128 e. The average molecular weight is 194 g/mol. The van der Waals surface area contributed by atoms with Crippen LogP contribution < -0.4 is 5.32 Å². The van der Waals surface area contributed by atoms with Crippen LogP contribution in [-0.4, -0.2) is 24.7 Å². The maximum atomic E-state index is 5.24. The molecule has 1 N–H and O–H groups in total. The molecule has 0 saturated heterocycles. The van der Waals surface area contributed by atoms with Gasteiger partial charge in [-0.25, -0.2) is 4.98 Å². The van der Waals surface area contributed by atoms with Crippen LogP contribution in [0.4, 0.5) is 5.82 Å². The lowest BCUT2D eigenvalue weighted by Crippen LogP contribution is -2.07. The summed E-state index contributed by atoms with van der Waals surface area (Å²) < 4.78 is 5.24. The van der Waals surface area contributed by atoms with Gasteiger partial charge in [0.05, 0.1) is 0 Å². The first-order valence-electron chi connectivity index (χ1n) is 5.08. The summed E-state index contributed by atoms with van der Waals surface area (Å²) in [7, 11) is 0. The van der Waals surface area contributed by atoms with Gasteiger partial charge < -0.3 is 10.1 Å². The summed E-state index contributed by atoms with van der Waals surface area (Å²) in [6, 6.07) is 4.00. The molecular formula is C11H18N2O. The fourth-order valence-electron chi connectivity index (χ4n) is 1.20. The minimum Gasteiger partial charge on any atom is -0.382 e. The Kier molecular flexibility index (Phi) is 5.00. The van der Waals surface area contributed by atoms with Crippen LogP contribution in [0.3, 0.4) is 0 Å². The van der Waals surface area contributed by atoms with Gasteiger partial charge in [0.25, 0.3) is 0 Å². The van der Waals surface area contributed by atoms with Crippen molar-refractivity contribution < 1.29 is 4.74 Å². The quantitative estimate of drug-likeness (QED) is 0.705. The highest BCUT2D eigenvalue weighted by Gasteiger charge is 1.95. The minimum absolute atomic E-state index is 0.794. The van der Waals surface area contributed by atoms with E-state index in [0.717, 1.165) is 32.0 Å². The fourth-order valence-corrected chi connectivity index (χ4v) is 1.20. The van der Waals surface area contributed by atoms with Crippen LogP contribution in [0, 0.1) is 6.92 Å². The van der Waals surface area contributed by atoms with Crippen LogP contribution in [0.5, 0.6) is 0 Å². The summed E-state index contributed by atoms with van der Waals surface area (Å²) in [5.74, 6) is 0.976. The van der Waals surface area contributed by atoms with Gasteiger partial charge in [0.15, 0.2) is 0 Å². The van der Waals surface area contributed by atoms with Crippen molar-refractivity contribution in [2.24, 2.45) is 0 Å². The molecule has 78 valence electrons. The topological polar surface area (TPSA) is 34.1 Å². The number of nitrogens with one attached hydrogen (secondary N) is 1. The first-order valence-corrected chi connectivity index (χ1v) is 5.08. The zero-order valence-corrected chi connectivity index (χ0v) is 8.92. The van der Waals surface area contributed by atoms with Crippen molar-refractivity contribution in [3.05, 3.63) is 23.9 Å². The van der Waals surface area contributed by atoms with Gasteiger partial charge >= 0.3 is 0 Å². The van der Waals surface area contributed by atoms with Gasteiger partial charge in [-0.3, -0.25) is 0 Å². The number of ether oxygens (including phenoxy) is 1. The lowest BCUT2D eigenvalue weighted by atomic mass is 10.3. The minimum atomic E-state index is 0.794. The van der Waals surface area contributed by atoms with E-state index in [1.807, 2.05) is 13.0 Å². The number of aromatic nitrogens is 1. The summed E-state index contributed by atoms with van der Waals surface area (Å²) in [5.41, 5.74) is 1.18. The Balaban J connectivity index is 2.21. The van der Waals surface area contributed by atoms with Crippen molar-refractivity contribution >= 4 is 5.82 Å². The molecule has 0 aliphatic carbocycles. The molecule has 0 aromatic carbocycles. The van der Waals surface area contributed by atoms with E-state index in [1.54, 1.807) is 6.20 Å². The summed E-state index contributed by atoms with van der Waals surface area (Å²) in [5, 5.41) is 3.28. The largest absolute Gasteiger partial charge is 0.382 e. The second-order valence-electron chi connectivity index (χ2n) is 3.15. The summed E-state index contributed by atoms with van der Waals surface area (Å²) in [6.07, 6.45) is 2.82. The highest BCUT2D eigenvalue weighted by Crippen LogP contribution is 2.08. The number of aryl methyl sites for hydroxylation is 1. The van der Waals surface area contributed by atoms with E-state index < -0.39 is 0 Å². The molecule has 1 aromatic rings. The predicted octanol–water partition coefficient (Wildman–Crippen LogP) is 2.23. The number of nitrogens with zero attached hydrogens (tertiary/aromatic N) is 1. The lowest BCUT2D eigenvalue weighted by Gasteiger charge is -2.07. The van der Waals surface area contributed by atoms with Gasteiger partial charge in [-0.1, -0.05) is 6.07 Å². The molecule has 1 heterocycles. The SMILES string of the molecule is CCOCCCNc1ncccc1C. The molecular weight excluding hydrogens is 176 g/mol. The zero-order valence-electron chi connectivity index (χ0n) is 8.92. The second kappa shape index (κ2) is 6.38. The van der Waals surface area contributed by atoms with Crippen molar-refractivity contribution in [1.29, 1.82) is 0 Å². The van der Waals surface area contributed by atoms with Gasteiger partial charge in [-0.15, -0.1) is 0 Å². The van der Waals surface area contributed by atoms with E-state index in [4.69, 9.17) is 4.74 Å². The standard InChI is InChI=1S/C11H18N2O/c1-3-14-9-5-8-13-11-10(2)6-4-7-12-11/h4,6-7H,3,5,8-9H2,1-2H3,(H,12,13). The Labute approximate surface area is 85.5 Å². The van der Waals surface area contributed by atoms with Crippen LogP contribution in [0.15, 0.2) is 18.3 Å². The van der Waals surface area contributed by atoms with Crippen LogP contribution in [0.1, 0.15) is 18.9 Å². The third-order valence-electron chi connectivity index (χ3n) is 1.97. The molecule has 3 nitrogen and oxygen atoms in total. The highest BCUT2D eigenvalue weighted by atomic mass is 16.5. The number of hydrogen-bond acceptors (Lipinski definition) is 3. The van der Waals surface area contributed by atoms with E-state index >= 15 is 0 Å². The van der Waals surface area contributed by atoms with Gasteiger partial charge in [0, 0.05) is 26.0 Å². The Morgan fingerprint density at radius 2 is 2.36 bits per heavy atom. The normalized spacial score (nSPS) is 10.1. The Hall–Kier alpha value is -1.09. The Morgan fingerprint density at radius 1 is 1.50 bits per heavy atom. The first kappa shape index (κ1) is 11.0. The zero-order chi connectivity index (χ0) is 10.2. The van der Waals surface area contributed by atoms with E-state index in [-0.39, 0.29) is 0 Å². The summed E-state index contributed by atoms with van der Waals surface area (Å²) in [6.45, 7) is 6.59. The van der Waals surface area contributed by atoms with Crippen LogP contribution in [-0.2, 0) is 4.74 Å². The fraction of sp³-hybridized carbons (Fsp3) is 0.545. The molecule has 0 fully saturated rings. The molecule has 0 saturated carbocycles. The molecule has 0 amide bonds. The lowest BCUT2D eigenvalue weighted by molar-refractivity contribution is 0.147. The van der Waals surface area contributed by atoms with Crippen molar-refractivity contribution in [3.8, 4) is 0 Å².